The normalized spacial score (nSPS) is 26.4. The maximum absolute atomic E-state index is 10.2. The van der Waals surface area contributed by atoms with Gasteiger partial charge in [0.05, 0.1) is 12.2 Å². The average Bonchev–Trinajstić information content (AvgIpc) is 2.75. The second-order valence-corrected chi connectivity index (χ2v) is 5.33. The topological polar surface area (TPSA) is 29.5 Å². The van der Waals surface area contributed by atoms with Crippen molar-refractivity contribution in [2.75, 3.05) is 0 Å². The van der Waals surface area contributed by atoms with E-state index in [0.717, 1.165) is 18.4 Å². The molecule has 3 atom stereocenters. The van der Waals surface area contributed by atoms with Crippen molar-refractivity contribution >= 4 is 0 Å². The van der Waals surface area contributed by atoms with Gasteiger partial charge < -0.3 is 9.84 Å². The summed E-state index contributed by atoms with van der Waals surface area (Å²) in [4.78, 5) is 0. The lowest BCUT2D eigenvalue weighted by Crippen LogP contribution is -2.18. The van der Waals surface area contributed by atoms with Gasteiger partial charge in [-0.15, -0.1) is 0 Å². The Bertz CT molecular complexity index is 356. The highest BCUT2D eigenvalue weighted by atomic mass is 16.5. The van der Waals surface area contributed by atoms with E-state index in [2.05, 4.69) is 32.9 Å². The molecule has 1 N–H and O–H groups in total. The molecule has 2 heteroatoms. The van der Waals surface area contributed by atoms with Crippen LogP contribution in [0.2, 0.25) is 0 Å². The molecule has 1 saturated heterocycles. The molecule has 0 radical (unpaired) electrons. The van der Waals surface area contributed by atoms with Gasteiger partial charge in [-0.2, -0.15) is 0 Å². The van der Waals surface area contributed by atoms with Crippen LogP contribution < -0.4 is 0 Å². The first-order valence-electron chi connectivity index (χ1n) is 6.51. The van der Waals surface area contributed by atoms with E-state index in [-0.39, 0.29) is 12.2 Å². The number of aliphatic hydroxyl groups is 1. The molecule has 94 valence electrons. The van der Waals surface area contributed by atoms with Crippen LogP contribution in [-0.4, -0.2) is 17.3 Å². The van der Waals surface area contributed by atoms with E-state index < -0.39 is 6.10 Å². The zero-order chi connectivity index (χ0) is 12.4. The van der Waals surface area contributed by atoms with Crippen LogP contribution >= 0.6 is 0 Å². The first kappa shape index (κ1) is 12.6. The van der Waals surface area contributed by atoms with E-state index in [1.54, 1.807) is 0 Å². The molecule has 0 amide bonds. The third kappa shape index (κ3) is 2.88. The van der Waals surface area contributed by atoms with Crippen LogP contribution in [0.15, 0.2) is 24.3 Å². The molecule has 1 aliphatic heterocycles. The highest BCUT2D eigenvalue weighted by molar-refractivity contribution is 5.26. The van der Waals surface area contributed by atoms with Gasteiger partial charge in [-0.3, -0.25) is 0 Å². The zero-order valence-corrected chi connectivity index (χ0v) is 10.9. The van der Waals surface area contributed by atoms with Gasteiger partial charge in [-0.1, -0.05) is 38.1 Å². The Kier molecular flexibility index (Phi) is 3.85. The molecule has 0 spiro atoms. The summed E-state index contributed by atoms with van der Waals surface area (Å²) >= 11 is 0. The van der Waals surface area contributed by atoms with E-state index in [1.807, 2.05) is 12.1 Å². The van der Waals surface area contributed by atoms with Gasteiger partial charge in [0.1, 0.15) is 6.10 Å². The molecule has 1 heterocycles. The third-order valence-electron chi connectivity index (χ3n) is 3.56. The molecule has 1 fully saturated rings. The van der Waals surface area contributed by atoms with Crippen LogP contribution in [0, 0.1) is 0 Å². The van der Waals surface area contributed by atoms with E-state index in [0.29, 0.717) is 5.92 Å². The van der Waals surface area contributed by atoms with Crippen LogP contribution in [0.1, 0.15) is 56.8 Å². The quantitative estimate of drug-likeness (QED) is 0.868. The number of rotatable bonds is 3. The fourth-order valence-corrected chi connectivity index (χ4v) is 2.36. The van der Waals surface area contributed by atoms with Gasteiger partial charge in [0, 0.05) is 0 Å². The predicted octanol–water partition coefficient (Wildman–Crippen LogP) is 3.41. The number of benzene rings is 1. The third-order valence-corrected chi connectivity index (χ3v) is 3.56. The van der Waals surface area contributed by atoms with Crippen molar-refractivity contribution < 1.29 is 9.84 Å². The van der Waals surface area contributed by atoms with Gasteiger partial charge in [0.15, 0.2) is 0 Å². The lowest BCUT2D eigenvalue weighted by molar-refractivity contribution is -0.0297. The predicted molar refractivity (Wildman–Crippen MR) is 69.1 cm³/mol. The fourth-order valence-electron chi connectivity index (χ4n) is 2.36. The second-order valence-electron chi connectivity index (χ2n) is 5.33. The van der Waals surface area contributed by atoms with Gasteiger partial charge in [0.25, 0.3) is 0 Å². The van der Waals surface area contributed by atoms with Gasteiger partial charge in [0.2, 0.25) is 0 Å². The molecule has 1 aromatic carbocycles. The molecule has 3 unspecified atom stereocenters. The molecule has 0 aromatic heterocycles. The van der Waals surface area contributed by atoms with Crippen LogP contribution in [0.3, 0.4) is 0 Å². The van der Waals surface area contributed by atoms with Crippen LogP contribution in [0.25, 0.3) is 0 Å². The minimum atomic E-state index is -0.485. The Morgan fingerprint density at radius 2 is 1.71 bits per heavy atom. The Morgan fingerprint density at radius 3 is 2.18 bits per heavy atom. The summed E-state index contributed by atoms with van der Waals surface area (Å²) < 4.78 is 5.71. The van der Waals surface area contributed by atoms with Crippen molar-refractivity contribution in [2.45, 2.75) is 57.8 Å². The first-order chi connectivity index (χ1) is 8.08. The molecule has 1 aromatic rings. The molecule has 0 aliphatic carbocycles. The monoisotopic (exact) mass is 234 g/mol. The van der Waals surface area contributed by atoms with Crippen molar-refractivity contribution in [2.24, 2.45) is 0 Å². The second kappa shape index (κ2) is 5.19. The molecule has 1 aliphatic rings. The van der Waals surface area contributed by atoms with Crippen molar-refractivity contribution in [1.82, 2.24) is 0 Å². The smallest absolute Gasteiger partial charge is 0.105 e. The van der Waals surface area contributed by atoms with Crippen LogP contribution in [0.5, 0.6) is 0 Å². The molecular weight excluding hydrogens is 212 g/mol. The van der Waals surface area contributed by atoms with Crippen molar-refractivity contribution in [3.05, 3.63) is 35.4 Å². The number of ether oxygens (including phenoxy) is 1. The largest absolute Gasteiger partial charge is 0.386 e. The Morgan fingerprint density at radius 1 is 1.12 bits per heavy atom. The molecule has 0 bridgehead atoms. The van der Waals surface area contributed by atoms with Crippen molar-refractivity contribution in [3.8, 4) is 0 Å². The van der Waals surface area contributed by atoms with Crippen molar-refractivity contribution in [1.29, 1.82) is 0 Å². The fraction of sp³-hybridized carbons (Fsp3) is 0.600. The Balaban J connectivity index is 2.06. The van der Waals surface area contributed by atoms with Crippen LogP contribution in [-0.2, 0) is 4.74 Å². The summed E-state index contributed by atoms with van der Waals surface area (Å²) in [5.41, 5.74) is 2.27. The Hall–Kier alpha value is -0.860. The summed E-state index contributed by atoms with van der Waals surface area (Å²) in [7, 11) is 0. The zero-order valence-electron chi connectivity index (χ0n) is 10.9. The number of hydrogen-bond acceptors (Lipinski definition) is 2. The maximum atomic E-state index is 10.2. The lowest BCUT2D eigenvalue weighted by atomic mass is 9.97. The van der Waals surface area contributed by atoms with Gasteiger partial charge in [-0.05, 0) is 36.8 Å². The highest BCUT2D eigenvalue weighted by Gasteiger charge is 2.29. The summed E-state index contributed by atoms with van der Waals surface area (Å²) in [6.07, 6.45) is 1.76. The van der Waals surface area contributed by atoms with Crippen molar-refractivity contribution in [3.63, 3.8) is 0 Å². The van der Waals surface area contributed by atoms with Gasteiger partial charge >= 0.3 is 0 Å². The lowest BCUT2D eigenvalue weighted by Gasteiger charge is -2.19. The highest BCUT2D eigenvalue weighted by Crippen LogP contribution is 2.30. The summed E-state index contributed by atoms with van der Waals surface area (Å²) in [6, 6.07) is 8.24. The summed E-state index contributed by atoms with van der Waals surface area (Å²) in [5.74, 6) is 0.531. The van der Waals surface area contributed by atoms with E-state index >= 15 is 0 Å². The minimum absolute atomic E-state index is 0.0325. The molecular formula is C15H22O2. The van der Waals surface area contributed by atoms with E-state index in [1.165, 1.54) is 5.56 Å². The first-order valence-corrected chi connectivity index (χ1v) is 6.51. The summed E-state index contributed by atoms with van der Waals surface area (Å²) in [6.45, 7) is 6.41. The van der Waals surface area contributed by atoms with E-state index in [9.17, 15) is 5.11 Å². The number of aliphatic hydroxyl groups excluding tert-OH is 1. The van der Waals surface area contributed by atoms with Crippen LogP contribution in [0.4, 0.5) is 0 Å². The molecule has 0 saturated carbocycles. The minimum Gasteiger partial charge on any atom is -0.386 e. The SMILES string of the molecule is CC1CCC(C(O)c2ccc(C(C)C)cc2)O1. The Labute approximate surface area is 104 Å². The van der Waals surface area contributed by atoms with E-state index in [4.69, 9.17) is 4.74 Å². The molecule has 17 heavy (non-hydrogen) atoms. The molecule has 2 rings (SSSR count). The van der Waals surface area contributed by atoms with Gasteiger partial charge in [-0.25, -0.2) is 0 Å². The number of hydrogen-bond donors (Lipinski definition) is 1. The maximum Gasteiger partial charge on any atom is 0.105 e. The standard InChI is InChI=1S/C15H22O2/c1-10(2)12-5-7-13(8-6-12)15(16)14-9-4-11(3)17-14/h5-8,10-11,14-16H,4,9H2,1-3H3. The average molecular weight is 234 g/mol. The molecule has 2 nitrogen and oxygen atoms in total. The summed E-state index contributed by atoms with van der Waals surface area (Å²) in [5, 5.41) is 10.2.